The van der Waals surface area contributed by atoms with Crippen LogP contribution in [0.5, 0.6) is 0 Å². The van der Waals surface area contributed by atoms with Crippen LogP contribution < -0.4 is 5.73 Å². The average molecular weight is 268 g/mol. The van der Waals surface area contributed by atoms with Gasteiger partial charge in [0.2, 0.25) is 0 Å². The lowest BCUT2D eigenvalue weighted by Gasteiger charge is -2.09. The number of aryl methyl sites for hydroxylation is 1. The molecule has 0 spiro atoms. The molecule has 0 saturated carbocycles. The molecule has 1 heterocycles. The topological polar surface area (TPSA) is 38.9 Å². The van der Waals surface area contributed by atoms with E-state index in [0.29, 0.717) is 6.04 Å². The molecule has 0 aliphatic heterocycles. The maximum atomic E-state index is 6.14. The molecule has 1 aromatic rings. The van der Waals surface area contributed by atoms with Crippen LogP contribution in [0.4, 0.5) is 0 Å². The number of nitrogens with zero attached hydrogens (tertiary/aromatic N) is 1. The molecule has 0 aromatic carbocycles. The summed E-state index contributed by atoms with van der Waals surface area (Å²) in [5, 5.41) is 3.29. The molecule has 18 heavy (non-hydrogen) atoms. The number of thiazole rings is 1. The maximum Gasteiger partial charge on any atom is 0.0897 e. The smallest absolute Gasteiger partial charge is 0.0897 e. The van der Waals surface area contributed by atoms with Crippen molar-refractivity contribution in [2.45, 2.75) is 77.7 Å². The third kappa shape index (κ3) is 7.12. The molecule has 2 nitrogen and oxygen atoms in total. The minimum Gasteiger partial charge on any atom is -0.327 e. The van der Waals surface area contributed by atoms with Crippen LogP contribution in [-0.2, 0) is 6.42 Å². The van der Waals surface area contributed by atoms with E-state index < -0.39 is 0 Å². The molecule has 0 radical (unpaired) electrons. The zero-order valence-electron chi connectivity index (χ0n) is 12.0. The fraction of sp³-hybridized carbons (Fsp3) is 0.800. The Morgan fingerprint density at radius 1 is 1.17 bits per heavy atom. The Labute approximate surface area is 116 Å². The highest BCUT2D eigenvalue weighted by Crippen LogP contribution is 2.13. The van der Waals surface area contributed by atoms with Gasteiger partial charge in [0.15, 0.2) is 0 Å². The molecule has 0 fully saturated rings. The van der Waals surface area contributed by atoms with E-state index in [1.165, 1.54) is 50.6 Å². The summed E-state index contributed by atoms with van der Waals surface area (Å²) in [6, 6.07) is 0.294. The molecule has 0 aliphatic rings. The Morgan fingerprint density at radius 3 is 2.44 bits per heavy atom. The first-order valence-corrected chi connectivity index (χ1v) is 8.27. The van der Waals surface area contributed by atoms with Gasteiger partial charge in [-0.05, 0) is 13.3 Å². The fourth-order valence-corrected chi connectivity index (χ4v) is 2.86. The molecule has 0 amide bonds. The van der Waals surface area contributed by atoms with Crippen molar-refractivity contribution in [1.82, 2.24) is 4.98 Å². The summed E-state index contributed by atoms with van der Waals surface area (Å²) in [7, 11) is 0. The summed E-state index contributed by atoms with van der Waals surface area (Å²) in [5.41, 5.74) is 7.32. The zero-order chi connectivity index (χ0) is 13.2. The highest BCUT2D eigenvalue weighted by Gasteiger charge is 2.06. The minimum atomic E-state index is 0.294. The van der Waals surface area contributed by atoms with E-state index in [0.717, 1.165) is 17.8 Å². The lowest BCUT2D eigenvalue weighted by molar-refractivity contribution is 0.526. The summed E-state index contributed by atoms with van der Waals surface area (Å²) < 4.78 is 0. The summed E-state index contributed by atoms with van der Waals surface area (Å²) in [4.78, 5) is 4.47. The van der Waals surface area contributed by atoms with Gasteiger partial charge in [0.05, 0.1) is 10.7 Å². The molecule has 0 bridgehead atoms. The van der Waals surface area contributed by atoms with Crippen LogP contribution in [0.25, 0.3) is 0 Å². The van der Waals surface area contributed by atoms with Crippen LogP contribution in [0, 0.1) is 6.92 Å². The van der Waals surface area contributed by atoms with E-state index in [2.05, 4.69) is 24.2 Å². The number of nitrogens with two attached hydrogens (primary N) is 1. The predicted octanol–water partition coefficient (Wildman–Crippen LogP) is 4.46. The van der Waals surface area contributed by atoms with Crippen LogP contribution in [0.1, 0.15) is 69.0 Å². The SMILES string of the molecule is CCCCCCCCCC(N)Cc1csc(C)n1. The van der Waals surface area contributed by atoms with E-state index in [9.17, 15) is 0 Å². The molecule has 104 valence electrons. The van der Waals surface area contributed by atoms with Gasteiger partial charge in [-0.25, -0.2) is 4.98 Å². The van der Waals surface area contributed by atoms with Crippen LogP contribution in [0.15, 0.2) is 5.38 Å². The van der Waals surface area contributed by atoms with Crippen molar-refractivity contribution in [3.63, 3.8) is 0 Å². The zero-order valence-corrected chi connectivity index (χ0v) is 12.8. The lowest BCUT2D eigenvalue weighted by Crippen LogP contribution is -2.22. The summed E-state index contributed by atoms with van der Waals surface area (Å²) in [6.07, 6.45) is 11.6. The highest BCUT2D eigenvalue weighted by atomic mass is 32.1. The largest absolute Gasteiger partial charge is 0.327 e. The van der Waals surface area contributed by atoms with Gasteiger partial charge in [0.1, 0.15) is 0 Å². The highest BCUT2D eigenvalue weighted by molar-refractivity contribution is 7.09. The second-order valence-corrected chi connectivity index (χ2v) is 6.29. The van der Waals surface area contributed by atoms with E-state index in [1.807, 2.05) is 0 Å². The van der Waals surface area contributed by atoms with Gasteiger partial charge in [-0.3, -0.25) is 0 Å². The van der Waals surface area contributed by atoms with E-state index in [-0.39, 0.29) is 0 Å². The number of hydrogen-bond donors (Lipinski definition) is 1. The maximum absolute atomic E-state index is 6.14. The molecule has 1 unspecified atom stereocenters. The van der Waals surface area contributed by atoms with Gasteiger partial charge < -0.3 is 5.73 Å². The van der Waals surface area contributed by atoms with Crippen molar-refractivity contribution >= 4 is 11.3 Å². The number of rotatable bonds is 10. The summed E-state index contributed by atoms with van der Waals surface area (Å²) in [6.45, 7) is 4.31. The van der Waals surface area contributed by atoms with Gasteiger partial charge in [-0.2, -0.15) is 0 Å². The second-order valence-electron chi connectivity index (χ2n) is 5.23. The number of aromatic nitrogens is 1. The van der Waals surface area contributed by atoms with Crippen molar-refractivity contribution in [2.24, 2.45) is 5.73 Å². The van der Waals surface area contributed by atoms with Crippen LogP contribution >= 0.6 is 11.3 Å². The predicted molar refractivity (Wildman–Crippen MR) is 81.1 cm³/mol. The van der Waals surface area contributed by atoms with Crippen molar-refractivity contribution in [2.75, 3.05) is 0 Å². The molecule has 1 rings (SSSR count). The quantitative estimate of drug-likeness (QED) is 0.636. The Balaban J connectivity index is 1.98. The second kappa shape index (κ2) is 9.51. The normalized spacial score (nSPS) is 12.8. The molecule has 0 saturated heterocycles. The molecular formula is C15H28N2S. The first-order valence-electron chi connectivity index (χ1n) is 7.39. The molecular weight excluding hydrogens is 240 g/mol. The monoisotopic (exact) mass is 268 g/mol. The molecule has 1 atom stereocenters. The third-order valence-corrected chi connectivity index (χ3v) is 4.14. The van der Waals surface area contributed by atoms with Crippen LogP contribution in [0.3, 0.4) is 0 Å². The molecule has 0 aliphatic carbocycles. The number of unbranched alkanes of at least 4 members (excludes halogenated alkanes) is 6. The Bertz CT molecular complexity index is 309. The minimum absolute atomic E-state index is 0.294. The van der Waals surface area contributed by atoms with Gasteiger partial charge in [-0.15, -0.1) is 11.3 Å². The average Bonchev–Trinajstić information content (AvgIpc) is 2.73. The van der Waals surface area contributed by atoms with Gasteiger partial charge in [0.25, 0.3) is 0 Å². The number of hydrogen-bond acceptors (Lipinski definition) is 3. The van der Waals surface area contributed by atoms with Crippen molar-refractivity contribution in [1.29, 1.82) is 0 Å². The first-order chi connectivity index (χ1) is 8.72. The van der Waals surface area contributed by atoms with Crippen molar-refractivity contribution in [3.8, 4) is 0 Å². The summed E-state index contributed by atoms with van der Waals surface area (Å²) in [5.74, 6) is 0. The van der Waals surface area contributed by atoms with Crippen LogP contribution in [-0.4, -0.2) is 11.0 Å². The Hall–Kier alpha value is -0.410. The fourth-order valence-electron chi connectivity index (χ4n) is 2.24. The molecule has 2 N–H and O–H groups in total. The Morgan fingerprint density at radius 2 is 1.83 bits per heavy atom. The standard InChI is InChI=1S/C15H28N2S/c1-3-4-5-6-7-8-9-10-14(16)11-15-12-18-13(2)17-15/h12,14H,3-11,16H2,1-2H3. The third-order valence-electron chi connectivity index (χ3n) is 3.32. The van der Waals surface area contributed by atoms with Crippen LogP contribution in [0.2, 0.25) is 0 Å². The molecule has 1 aromatic heterocycles. The van der Waals surface area contributed by atoms with Gasteiger partial charge in [-0.1, -0.05) is 51.9 Å². The van der Waals surface area contributed by atoms with E-state index in [4.69, 9.17) is 5.73 Å². The van der Waals surface area contributed by atoms with Crippen molar-refractivity contribution in [3.05, 3.63) is 16.1 Å². The van der Waals surface area contributed by atoms with E-state index in [1.54, 1.807) is 11.3 Å². The van der Waals surface area contributed by atoms with Gasteiger partial charge >= 0.3 is 0 Å². The van der Waals surface area contributed by atoms with Gasteiger partial charge in [0, 0.05) is 17.8 Å². The first kappa shape index (κ1) is 15.6. The molecule has 3 heteroatoms. The Kier molecular flexibility index (Phi) is 8.27. The van der Waals surface area contributed by atoms with Crippen molar-refractivity contribution < 1.29 is 0 Å². The lowest BCUT2D eigenvalue weighted by atomic mass is 10.0. The van der Waals surface area contributed by atoms with E-state index >= 15 is 0 Å². The summed E-state index contributed by atoms with van der Waals surface area (Å²) >= 11 is 1.72.